The fourth-order valence-electron chi connectivity index (χ4n) is 1.27. The van der Waals surface area contributed by atoms with Crippen LogP contribution < -0.4 is 0 Å². The molecule has 0 unspecified atom stereocenters. The molecule has 1 amide bonds. The number of hydrogen-bond donors (Lipinski definition) is 1. The molecule has 0 aromatic heterocycles. The van der Waals surface area contributed by atoms with Gasteiger partial charge in [0, 0.05) is 19.7 Å². The number of carboxylic acid groups (broad SMARTS) is 1. The molecular formula is C11H21NO4. The Kier molecular flexibility index (Phi) is 7.54. The Morgan fingerprint density at radius 3 is 2.44 bits per heavy atom. The molecule has 0 rings (SSSR count). The molecule has 0 saturated carbocycles. The number of ether oxygens (including phenoxy) is 1. The third-order valence-corrected chi connectivity index (χ3v) is 1.96. The predicted molar refractivity (Wildman–Crippen MR) is 60.2 cm³/mol. The monoisotopic (exact) mass is 231 g/mol. The number of hydrogen-bond acceptors (Lipinski definition) is 3. The van der Waals surface area contributed by atoms with E-state index in [1.165, 1.54) is 0 Å². The Bertz CT molecular complexity index is 228. The van der Waals surface area contributed by atoms with Gasteiger partial charge in [-0.25, -0.2) is 0 Å². The van der Waals surface area contributed by atoms with Crippen molar-refractivity contribution in [3.05, 3.63) is 0 Å². The largest absolute Gasteiger partial charge is 0.481 e. The molecule has 5 nitrogen and oxygen atoms in total. The highest BCUT2D eigenvalue weighted by Crippen LogP contribution is 2.01. The molecule has 0 aliphatic heterocycles. The van der Waals surface area contributed by atoms with E-state index in [4.69, 9.17) is 9.84 Å². The van der Waals surface area contributed by atoms with Gasteiger partial charge in [-0.05, 0) is 12.8 Å². The third kappa shape index (κ3) is 7.23. The molecule has 16 heavy (non-hydrogen) atoms. The molecule has 0 heterocycles. The van der Waals surface area contributed by atoms with Crippen LogP contribution in [0.15, 0.2) is 0 Å². The van der Waals surface area contributed by atoms with Gasteiger partial charge in [0.05, 0.1) is 6.42 Å². The summed E-state index contributed by atoms with van der Waals surface area (Å²) in [6, 6.07) is 0. The van der Waals surface area contributed by atoms with Gasteiger partial charge in [-0.2, -0.15) is 0 Å². The Morgan fingerprint density at radius 1 is 1.38 bits per heavy atom. The number of carbonyl (C=O) groups excluding carboxylic acids is 1. The second-order valence-electron chi connectivity index (χ2n) is 4.01. The number of nitrogens with zero attached hydrogens (tertiary/aromatic N) is 1. The van der Waals surface area contributed by atoms with Crippen LogP contribution in [0, 0.1) is 5.92 Å². The van der Waals surface area contributed by atoms with Crippen molar-refractivity contribution in [3.63, 3.8) is 0 Å². The van der Waals surface area contributed by atoms with Crippen LogP contribution in [-0.4, -0.2) is 48.2 Å². The van der Waals surface area contributed by atoms with Crippen molar-refractivity contribution >= 4 is 11.9 Å². The molecule has 0 aromatic carbocycles. The van der Waals surface area contributed by atoms with Crippen LogP contribution in [0.2, 0.25) is 0 Å². The second kappa shape index (κ2) is 8.10. The Balaban J connectivity index is 4.17. The van der Waals surface area contributed by atoms with Gasteiger partial charge in [0.2, 0.25) is 5.91 Å². The fraction of sp³-hybridized carbons (Fsp3) is 0.818. The number of rotatable bonds is 8. The van der Waals surface area contributed by atoms with Gasteiger partial charge in [-0.1, -0.05) is 13.8 Å². The zero-order valence-electron chi connectivity index (χ0n) is 10.2. The summed E-state index contributed by atoms with van der Waals surface area (Å²) in [7, 11) is 0. The minimum atomic E-state index is -0.891. The lowest BCUT2D eigenvalue weighted by Gasteiger charge is -2.23. The molecule has 0 spiro atoms. The van der Waals surface area contributed by atoms with E-state index >= 15 is 0 Å². The van der Waals surface area contributed by atoms with Crippen molar-refractivity contribution in [3.8, 4) is 0 Å². The van der Waals surface area contributed by atoms with Gasteiger partial charge in [0.15, 0.2) is 0 Å². The topological polar surface area (TPSA) is 66.8 Å². The lowest BCUT2D eigenvalue weighted by molar-refractivity contribution is -0.140. The smallest absolute Gasteiger partial charge is 0.305 e. The van der Waals surface area contributed by atoms with E-state index < -0.39 is 5.97 Å². The predicted octanol–water partition coefficient (Wildman–Crippen LogP) is 0.982. The van der Waals surface area contributed by atoms with E-state index in [1.807, 2.05) is 20.8 Å². The normalized spacial score (nSPS) is 10.5. The van der Waals surface area contributed by atoms with Crippen molar-refractivity contribution in [2.45, 2.75) is 27.2 Å². The lowest BCUT2D eigenvalue weighted by Crippen LogP contribution is -2.38. The summed E-state index contributed by atoms with van der Waals surface area (Å²) in [4.78, 5) is 23.7. The highest BCUT2D eigenvalue weighted by atomic mass is 16.5. The molecule has 0 radical (unpaired) electrons. The first-order chi connectivity index (χ1) is 7.47. The number of aliphatic carboxylic acids is 1. The summed E-state index contributed by atoms with van der Waals surface area (Å²) in [6.07, 6.45) is -0.0232. The molecule has 0 aromatic rings. The summed E-state index contributed by atoms with van der Waals surface area (Å²) in [5.41, 5.74) is 0. The summed E-state index contributed by atoms with van der Waals surface area (Å²) in [5.74, 6) is -0.714. The molecule has 0 fully saturated rings. The van der Waals surface area contributed by atoms with Crippen molar-refractivity contribution in [2.75, 3.05) is 26.3 Å². The minimum absolute atomic E-state index is 0.0232. The first-order valence-corrected chi connectivity index (χ1v) is 5.54. The fourth-order valence-corrected chi connectivity index (χ4v) is 1.27. The van der Waals surface area contributed by atoms with Gasteiger partial charge in [-0.3, -0.25) is 9.59 Å². The summed E-state index contributed by atoms with van der Waals surface area (Å²) in [5, 5.41) is 8.59. The lowest BCUT2D eigenvalue weighted by atomic mass is 10.2. The third-order valence-electron chi connectivity index (χ3n) is 1.96. The van der Waals surface area contributed by atoms with E-state index in [0.29, 0.717) is 19.1 Å². The maximum absolute atomic E-state index is 11.7. The quantitative estimate of drug-likeness (QED) is 0.676. The van der Waals surface area contributed by atoms with Crippen molar-refractivity contribution in [1.82, 2.24) is 4.90 Å². The van der Waals surface area contributed by atoms with Crippen LogP contribution in [0.25, 0.3) is 0 Å². The zero-order valence-corrected chi connectivity index (χ0v) is 10.2. The molecular weight excluding hydrogens is 210 g/mol. The zero-order chi connectivity index (χ0) is 12.6. The van der Waals surface area contributed by atoms with Gasteiger partial charge in [0.25, 0.3) is 0 Å². The van der Waals surface area contributed by atoms with Crippen molar-refractivity contribution in [2.24, 2.45) is 5.92 Å². The van der Waals surface area contributed by atoms with Crippen LogP contribution in [0.3, 0.4) is 0 Å². The first kappa shape index (κ1) is 14.9. The van der Waals surface area contributed by atoms with E-state index in [0.717, 1.165) is 0 Å². The first-order valence-electron chi connectivity index (χ1n) is 5.54. The van der Waals surface area contributed by atoms with Gasteiger partial charge in [0.1, 0.15) is 6.61 Å². The van der Waals surface area contributed by atoms with E-state index in [-0.39, 0.29) is 25.5 Å². The van der Waals surface area contributed by atoms with Crippen LogP contribution in [0.5, 0.6) is 0 Å². The molecule has 0 atom stereocenters. The van der Waals surface area contributed by atoms with E-state index in [9.17, 15) is 9.59 Å². The Labute approximate surface area is 96.4 Å². The molecule has 5 heteroatoms. The Morgan fingerprint density at radius 2 is 2.00 bits per heavy atom. The van der Waals surface area contributed by atoms with E-state index in [2.05, 4.69) is 0 Å². The Hall–Kier alpha value is -1.10. The second-order valence-corrected chi connectivity index (χ2v) is 4.01. The van der Waals surface area contributed by atoms with Crippen LogP contribution in [0.4, 0.5) is 0 Å². The molecule has 1 N–H and O–H groups in total. The standard InChI is InChI=1S/C11H21NO4/c1-4-16-8-10(13)12(7-9(2)3)6-5-11(14)15/h9H,4-8H2,1-3H3,(H,14,15). The maximum Gasteiger partial charge on any atom is 0.305 e. The molecule has 0 aliphatic rings. The highest BCUT2D eigenvalue weighted by Gasteiger charge is 2.15. The highest BCUT2D eigenvalue weighted by molar-refractivity contribution is 5.78. The molecule has 0 aliphatic carbocycles. The van der Waals surface area contributed by atoms with Crippen LogP contribution in [-0.2, 0) is 14.3 Å². The SMILES string of the molecule is CCOCC(=O)N(CCC(=O)O)CC(C)C. The molecule has 0 saturated heterocycles. The van der Waals surface area contributed by atoms with Gasteiger partial charge in [-0.15, -0.1) is 0 Å². The molecule has 0 bridgehead atoms. The van der Waals surface area contributed by atoms with Crippen molar-refractivity contribution in [1.29, 1.82) is 0 Å². The summed E-state index contributed by atoms with van der Waals surface area (Å²) < 4.78 is 5.03. The van der Waals surface area contributed by atoms with Crippen LogP contribution >= 0.6 is 0 Å². The minimum Gasteiger partial charge on any atom is -0.481 e. The average molecular weight is 231 g/mol. The summed E-state index contributed by atoms with van der Waals surface area (Å²) in [6.45, 7) is 7.13. The van der Waals surface area contributed by atoms with E-state index in [1.54, 1.807) is 4.90 Å². The van der Waals surface area contributed by atoms with Gasteiger partial charge < -0.3 is 14.7 Å². The summed E-state index contributed by atoms with van der Waals surface area (Å²) >= 11 is 0. The van der Waals surface area contributed by atoms with Gasteiger partial charge >= 0.3 is 5.97 Å². The number of carboxylic acids is 1. The van der Waals surface area contributed by atoms with Crippen molar-refractivity contribution < 1.29 is 19.4 Å². The maximum atomic E-state index is 11.7. The van der Waals surface area contributed by atoms with Crippen LogP contribution in [0.1, 0.15) is 27.2 Å². The number of amides is 1. The average Bonchev–Trinajstić information content (AvgIpc) is 2.19. The number of carbonyl (C=O) groups is 2. The molecule has 94 valence electrons.